The molecule has 0 aromatic heterocycles. The number of halogens is 3. The predicted octanol–water partition coefficient (Wildman–Crippen LogP) is 4.03. The smallest absolute Gasteiger partial charge is 0.257 e. The Kier molecular flexibility index (Phi) is 7.42. The molecule has 0 heterocycles. The average molecular weight is 509 g/mol. The van der Waals surface area contributed by atoms with E-state index in [2.05, 4.69) is 17.5 Å². The largest absolute Gasteiger partial charge is 0.490 e. The van der Waals surface area contributed by atoms with Crippen LogP contribution in [0.3, 0.4) is 0 Å². The normalized spacial score (nSPS) is 10.3. The van der Waals surface area contributed by atoms with Gasteiger partial charge in [0, 0.05) is 11.1 Å². The van der Waals surface area contributed by atoms with E-state index in [9.17, 15) is 9.18 Å². The summed E-state index contributed by atoms with van der Waals surface area (Å²) in [6.45, 7) is 2.07. The van der Waals surface area contributed by atoms with Crippen LogP contribution in [0.4, 0.5) is 4.39 Å². The standard InChI is InChI=1S/C17H15ClFIN2O3S/c1-2-24-14-7-9(16(23)22-17(21)26)6-13(20)15(14)25-8-10-11(18)4-3-5-12(10)19/h3-7H,2,8H2,1H3,(H3,21,22,23,26). The summed E-state index contributed by atoms with van der Waals surface area (Å²) in [7, 11) is 0. The quantitative estimate of drug-likeness (QED) is 0.455. The van der Waals surface area contributed by atoms with Gasteiger partial charge in [0.2, 0.25) is 0 Å². The molecule has 2 aromatic carbocycles. The second kappa shape index (κ2) is 9.33. The van der Waals surface area contributed by atoms with Gasteiger partial charge < -0.3 is 15.2 Å². The minimum absolute atomic E-state index is 0.0833. The highest BCUT2D eigenvalue weighted by atomic mass is 127. The van der Waals surface area contributed by atoms with Crippen molar-refractivity contribution in [3.63, 3.8) is 0 Å². The lowest BCUT2D eigenvalue weighted by molar-refractivity contribution is 0.0977. The number of benzene rings is 2. The highest BCUT2D eigenvalue weighted by Gasteiger charge is 2.18. The molecule has 0 radical (unpaired) electrons. The van der Waals surface area contributed by atoms with Crippen LogP contribution in [0.5, 0.6) is 11.5 Å². The lowest BCUT2D eigenvalue weighted by Crippen LogP contribution is -2.34. The van der Waals surface area contributed by atoms with Crippen molar-refractivity contribution in [1.29, 1.82) is 0 Å². The molecule has 2 rings (SSSR count). The van der Waals surface area contributed by atoms with Crippen molar-refractivity contribution in [3.8, 4) is 11.5 Å². The lowest BCUT2D eigenvalue weighted by Gasteiger charge is -2.16. The minimum atomic E-state index is -0.460. The Bertz CT molecular complexity index is 831. The molecule has 0 fully saturated rings. The molecule has 138 valence electrons. The molecule has 0 aliphatic carbocycles. The maximum absolute atomic E-state index is 13.9. The van der Waals surface area contributed by atoms with Crippen LogP contribution in [0.1, 0.15) is 22.8 Å². The van der Waals surface area contributed by atoms with Gasteiger partial charge in [-0.3, -0.25) is 10.1 Å². The summed E-state index contributed by atoms with van der Waals surface area (Å²) >= 11 is 12.7. The summed E-state index contributed by atoms with van der Waals surface area (Å²) in [5.74, 6) is -0.184. The van der Waals surface area contributed by atoms with Gasteiger partial charge in [0.25, 0.3) is 5.91 Å². The van der Waals surface area contributed by atoms with E-state index in [4.69, 9.17) is 26.8 Å². The first-order valence-electron chi connectivity index (χ1n) is 7.46. The zero-order valence-electron chi connectivity index (χ0n) is 13.6. The van der Waals surface area contributed by atoms with Crippen LogP contribution in [0.15, 0.2) is 30.3 Å². The van der Waals surface area contributed by atoms with Gasteiger partial charge in [-0.1, -0.05) is 17.7 Å². The summed E-state index contributed by atoms with van der Waals surface area (Å²) in [5, 5.41) is 2.49. The fourth-order valence-electron chi connectivity index (χ4n) is 2.10. The van der Waals surface area contributed by atoms with E-state index in [-0.39, 0.29) is 22.3 Å². The molecule has 3 N–H and O–H groups in total. The second-order valence-corrected chi connectivity index (χ2v) is 7.03. The Morgan fingerprint density at radius 1 is 1.38 bits per heavy atom. The van der Waals surface area contributed by atoms with Gasteiger partial charge in [0.05, 0.1) is 15.2 Å². The molecule has 1 amide bonds. The fraction of sp³-hybridized carbons (Fsp3) is 0.176. The van der Waals surface area contributed by atoms with Gasteiger partial charge in [-0.25, -0.2) is 4.39 Å². The first kappa shape index (κ1) is 20.7. The third-order valence-electron chi connectivity index (χ3n) is 3.23. The number of carbonyl (C=O) groups excluding carboxylic acids is 1. The third-order valence-corrected chi connectivity index (χ3v) is 4.49. The molecule has 2 aromatic rings. The maximum Gasteiger partial charge on any atom is 0.257 e. The minimum Gasteiger partial charge on any atom is -0.490 e. The number of rotatable bonds is 6. The molecule has 0 bridgehead atoms. The highest BCUT2D eigenvalue weighted by molar-refractivity contribution is 14.1. The molecule has 0 saturated heterocycles. The first-order valence-corrected chi connectivity index (χ1v) is 9.32. The van der Waals surface area contributed by atoms with Gasteiger partial charge in [0.1, 0.15) is 12.4 Å². The van der Waals surface area contributed by atoms with Crippen LogP contribution in [-0.2, 0) is 6.61 Å². The van der Waals surface area contributed by atoms with E-state index in [0.29, 0.717) is 27.2 Å². The van der Waals surface area contributed by atoms with Crippen molar-refractivity contribution in [2.24, 2.45) is 5.73 Å². The summed E-state index contributed by atoms with van der Waals surface area (Å²) in [4.78, 5) is 12.1. The molecule has 0 spiro atoms. The number of thiocarbonyl (C=S) groups is 1. The van der Waals surface area contributed by atoms with Crippen molar-refractivity contribution < 1.29 is 18.7 Å². The number of nitrogens with two attached hydrogens (primary N) is 1. The number of ether oxygens (including phenoxy) is 2. The van der Waals surface area contributed by atoms with Crippen molar-refractivity contribution in [1.82, 2.24) is 5.32 Å². The van der Waals surface area contributed by atoms with Crippen LogP contribution in [0.25, 0.3) is 0 Å². The van der Waals surface area contributed by atoms with E-state index in [0.717, 1.165) is 0 Å². The number of carbonyl (C=O) groups is 1. The molecule has 0 aliphatic heterocycles. The van der Waals surface area contributed by atoms with Crippen LogP contribution >= 0.6 is 46.4 Å². The fourth-order valence-corrected chi connectivity index (χ4v) is 3.17. The molecule has 0 saturated carbocycles. The topological polar surface area (TPSA) is 73.6 Å². The summed E-state index contributed by atoms with van der Waals surface area (Å²) in [6, 6.07) is 7.52. The molecule has 9 heteroatoms. The van der Waals surface area contributed by atoms with Gasteiger partial charge in [-0.2, -0.15) is 0 Å². The summed E-state index contributed by atoms with van der Waals surface area (Å²) in [5.41, 5.74) is 5.88. The molecule has 26 heavy (non-hydrogen) atoms. The van der Waals surface area contributed by atoms with E-state index in [1.807, 2.05) is 22.6 Å². The van der Waals surface area contributed by atoms with Gasteiger partial charge in [-0.05, 0) is 66.0 Å². The molecule has 0 unspecified atom stereocenters. The van der Waals surface area contributed by atoms with Crippen LogP contribution < -0.4 is 20.5 Å². The Balaban J connectivity index is 2.32. The highest BCUT2D eigenvalue weighted by Crippen LogP contribution is 2.35. The first-order chi connectivity index (χ1) is 12.3. The molecule has 0 aliphatic rings. The van der Waals surface area contributed by atoms with E-state index < -0.39 is 11.7 Å². The average Bonchev–Trinajstić information content (AvgIpc) is 2.55. The van der Waals surface area contributed by atoms with Crippen molar-refractivity contribution in [2.75, 3.05) is 6.61 Å². The Morgan fingerprint density at radius 3 is 2.73 bits per heavy atom. The van der Waals surface area contributed by atoms with Crippen LogP contribution in [0, 0.1) is 9.39 Å². The van der Waals surface area contributed by atoms with E-state index in [1.165, 1.54) is 18.2 Å². The SMILES string of the molecule is CCOc1cc(C(=O)NC(N)=S)cc(I)c1OCc1c(F)cccc1Cl. The predicted molar refractivity (Wildman–Crippen MR) is 110 cm³/mol. The summed E-state index contributed by atoms with van der Waals surface area (Å²) in [6.07, 6.45) is 0. The lowest BCUT2D eigenvalue weighted by atomic mass is 10.2. The van der Waals surface area contributed by atoms with Crippen molar-refractivity contribution in [2.45, 2.75) is 13.5 Å². The number of hydrogen-bond donors (Lipinski definition) is 2. The van der Waals surface area contributed by atoms with Crippen molar-refractivity contribution in [3.05, 3.63) is 55.9 Å². The number of nitrogens with one attached hydrogen (secondary N) is 1. The van der Waals surface area contributed by atoms with E-state index in [1.54, 1.807) is 19.1 Å². The monoisotopic (exact) mass is 508 g/mol. The molecular formula is C17H15ClFIN2O3S. The van der Waals surface area contributed by atoms with Gasteiger partial charge in [0.15, 0.2) is 16.6 Å². The van der Waals surface area contributed by atoms with Gasteiger partial charge in [-0.15, -0.1) is 0 Å². The second-order valence-electron chi connectivity index (χ2n) is 5.03. The summed E-state index contributed by atoms with van der Waals surface area (Å²) < 4.78 is 25.8. The Morgan fingerprint density at radius 2 is 2.12 bits per heavy atom. The molecular weight excluding hydrogens is 494 g/mol. The maximum atomic E-state index is 13.9. The Labute approximate surface area is 174 Å². The molecule has 0 atom stereocenters. The number of hydrogen-bond acceptors (Lipinski definition) is 4. The number of amides is 1. The zero-order chi connectivity index (χ0) is 19.3. The van der Waals surface area contributed by atoms with E-state index >= 15 is 0 Å². The molecule has 5 nitrogen and oxygen atoms in total. The van der Waals surface area contributed by atoms with Crippen LogP contribution in [0.2, 0.25) is 5.02 Å². The van der Waals surface area contributed by atoms with Gasteiger partial charge >= 0.3 is 0 Å². The third kappa shape index (κ3) is 5.18. The van der Waals surface area contributed by atoms with Crippen LogP contribution in [-0.4, -0.2) is 17.6 Å². The van der Waals surface area contributed by atoms with Crippen molar-refractivity contribution >= 4 is 57.4 Å². The Hall–Kier alpha value is -1.65. The zero-order valence-corrected chi connectivity index (χ0v) is 17.4.